The van der Waals surface area contributed by atoms with Crippen LogP contribution < -0.4 is 5.32 Å². The SMILES string of the molecule is CCCCN(CCO)S(=O)(=O)CC1CCCN1. The highest BCUT2D eigenvalue weighted by atomic mass is 32.2. The molecule has 0 bridgehead atoms. The molecule has 0 spiro atoms. The lowest BCUT2D eigenvalue weighted by Crippen LogP contribution is -2.41. The molecule has 0 aliphatic carbocycles. The van der Waals surface area contributed by atoms with Gasteiger partial charge in [-0.25, -0.2) is 8.42 Å². The molecule has 0 amide bonds. The molecule has 17 heavy (non-hydrogen) atoms. The monoisotopic (exact) mass is 264 g/mol. The van der Waals surface area contributed by atoms with Gasteiger partial charge in [0.15, 0.2) is 0 Å². The smallest absolute Gasteiger partial charge is 0.215 e. The highest BCUT2D eigenvalue weighted by Crippen LogP contribution is 2.11. The van der Waals surface area contributed by atoms with Crippen molar-refractivity contribution in [2.75, 3.05) is 32.0 Å². The summed E-state index contributed by atoms with van der Waals surface area (Å²) in [6, 6.07) is 0.0859. The number of unbranched alkanes of at least 4 members (excludes halogenated alkanes) is 1. The minimum atomic E-state index is -3.23. The van der Waals surface area contributed by atoms with E-state index < -0.39 is 10.0 Å². The van der Waals surface area contributed by atoms with Gasteiger partial charge >= 0.3 is 0 Å². The van der Waals surface area contributed by atoms with Crippen molar-refractivity contribution in [1.82, 2.24) is 9.62 Å². The first-order chi connectivity index (χ1) is 8.10. The van der Waals surface area contributed by atoms with E-state index in [1.165, 1.54) is 4.31 Å². The normalized spacial score (nSPS) is 21.2. The maximum absolute atomic E-state index is 12.2. The van der Waals surface area contributed by atoms with Gasteiger partial charge in [0.1, 0.15) is 0 Å². The summed E-state index contributed by atoms with van der Waals surface area (Å²) >= 11 is 0. The van der Waals surface area contributed by atoms with Gasteiger partial charge in [-0.15, -0.1) is 0 Å². The molecule has 1 aliphatic rings. The van der Waals surface area contributed by atoms with Crippen LogP contribution in [0, 0.1) is 0 Å². The lowest BCUT2D eigenvalue weighted by molar-refractivity contribution is 0.252. The molecule has 1 saturated heterocycles. The van der Waals surface area contributed by atoms with Crippen LogP contribution in [0.4, 0.5) is 0 Å². The molecule has 5 nitrogen and oxygen atoms in total. The van der Waals surface area contributed by atoms with Crippen molar-refractivity contribution in [2.45, 2.75) is 38.6 Å². The average molecular weight is 264 g/mol. The van der Waals surface area contributed by atoms with Crippen molar-refractivity contribution in [2.24, 2.45) is 0 Å². The van der Waals surface area contributed by atoms with Crippen molar-refractivity contribution in [3.8, 4) is 0 Å². The van der Waals surface area contributed by atoms with Crippen molar-refractivity contribution < 1.29 is 13.5 Å². The fourth-order valence-corrected chi connectivity index (χ4v) is 3.87. The second-order valence-electron chi connectivity index (χ2n) is 4.55. The minimum Gasteiger partial charge on any atom is -0.395 e. The maximum atomic E-state index is 12.2. The van der Waals surface area contributed by atoms with Crippen molar-refractivity contribution >= 4 is 10.0 Å². The van der Waals surface area contributed by atoms with Crippen LogP contribution in [0.25, 0.3) is 0 Å². The van der Waals surface area contributed by atoms with Crippen molar-refractivity contribution in [1.29, 1.82) is 0 Å². The van der Waals surface area contributed by atoms with Gasteiger partial charge in [-0.1, -0.05) is 13.3 Å². The van der Waals surface area contributed by atoms with Gasteiger partial charge in [-0.3, -0.25) is 0 Å². The van der Waals surface area contributed by atoms with Crippen LogP contribution in [0.2, 0.25) is 0 Å². The van der Waals surface area contributed by atoms with Gasteiger partial charge in [-0.05, 0) is 25.8 Å². The first kappa shape index (κ1) is 14.9. The standard InChI is InChI=1S/C11H24N2O3S/c1-2-3-7-13(8-9-14)17(15,16)10-11-5-4-6-12-11/h11-12,14H,2-10H2,1H3. The van der Waals surface area contributed by atoms with E-state index in [1.807, 2.05) is 6.92 Å². The lowest BCUT2D eigenvalue weighted by atomic mass is 10.3. The predicted octanol–water partition coefficient (Wildman–Crippen LogP) is 0.163. The lowest BCUT2D eigenvalue weighted by Gasteiger charge is -2.23. The van der Waals surface area contributed by atoms with Crippen LogP contribution >= 0.6 is 0 Å². The zero-order chi connectivity index (χ0) is 12.7. The number of aliphatic hydroxyl groups is 1. The zero-order valence-electron chi connectivity index (χ0n) is 10.6. The molecule has 6 heteroatoms. The molecule has 1 atom stereocenters. The summed E-state index contributed by atoms with van der Waals surface area (Å²) in [5.74, 6) is 0.163. The third-order valence-electron chi connectivity index (χ3n) is 3.08. The summed E-state index contributed by atoms with van der Waals surface area (Å²) < 4.78 is 25.7. The number of sulfonamides is 1. The number of nitrogens with one attached hydrogen (secondary N) is 1. The van der Waals surface area contributed by atoms with Gasteiger partial charge in [0, 0.05) is 19.1 Å². The van der Waals surface area contributed by atoms with Crippen LogP contribution in [0.1, 0.15) is 32.6 Å². The van der Waals surface area contributed by atoms with Crippen LogP contribution in [0.5, 0.6) is 0 Å². The molecule has 1 unspecified atom stereocenters. The maximum Gasteiger partial charge on any atom is 0.215 e. The average Bonchev–Trinajstić information content (AvgIpc) is 2.75. The van der Waals surface area contributed by atoms with Crippen LogP contribution in [-0.2, 0) is 10.0 Å². The van der Waals surface area contributed by atoms with Crippen molar-refractivity contribution in [3.63, 3.8) is 0 Å². The zero-order valence-corrected chi connectivity index (χ0v) is 11.4. The Kier molecular flexibility index (Phi) is 6.40. The number of rotatable bonds is 8. The van der Waals surface area contributed by atoms with E-state index in [2.05, 4.69) is 5.32 Å². The molecular weight excluding hydrogens is 240 g/mol. The Hall–Kier alpha value is -0.170. The first-order valence-electron chi connectivity index (χ1n) is 6.42. The van der Waals surface area contributed by atoms with Crippen molar-refractivity contribution in [3.05, 3.63) is 0 Å². The Labute approximate surface area is 104 Å². The topological polar surface area (TPSA) is 69.6 Å². The van der Waals surface area contributed by atoms with E-state index in [0.29, 0.717) is 6.54 Å². The third kappa shape index (κ3) is 4.91. The quantitative estimate of drug-likeness (QED) is 0.655. The molecule has 0 saturated carbocycles. The fraction of sp³-hybridized carbons (Fsp3) is 1.00. The molecule has 0 radical (unpaired) electrons. The highest BCUT2D eigenvalue weighted by molar-refractivity contribution is 7.89. The Morgan fingerprint density at radius 3 is 2.71 bits per heavy atom. The first-order valence-corrected chi connectivity index (χ1v) is 8.03. The molecule has 2 N–H and O–H groups in total. The van der Waals surface area contributed by atoms with Gasteiger partial charge in [0.2, 0.25) is 10.0 Å². The minimum absolute atomic E-state index is 0.0859. The van der Waals surface area contributed by atoms with Crippen LogP contribution in [-0.4, -0.2) is 55.9 Å². The molecular formula is C11H24N2O3S. The van der Waals surface area contributed by atoms with E-state index in [-0.39, 0.29) is 24.9 Å². The van der Waals surface area contributed by atoms with E-state index in [4.69, 9.17) is 5.11 Å². The number of nitrogens with zero attached hydrogens (tertiary/aromatic N) is 1. The molecule has 0 aromatic heterocycles. The fourth-order valence-electron chi connectivity index (χ4n) is 2.09. The molecule has 1 heterocycles. The van der Waals surface area contributed by atoms with E-state index >= 15 is 0 Å². The molecule has 1 fully saturated rings. The number of aliphatic hydroxyl groups excluding tert-OH is 1. The summed E-state index contributed by atoms with van der Waals surface area (Å²) in [6.45, 7) is 3.57. The second kappa shape index (κ2) is 7.31. The molecule has 0 aromatic carbocycles. The Morgan fingerprint density at radius 1 is 1.41 bits per heavy atom. The Morgan fingerprint density at radius 2 is 2.18 bits per heavy atom. The van der Waals surface area contributed by atoms with Crippen LogP contribution in [0.15, 0.2) is 0 Å². The molecule has 102 valence electrons. The van der Waals surface area contributed by atoms with E-state index in [0.717, 1.165) is 32.2 Å². The summed E-state index contributed by atoms with van der Waals surface area (Å²) in [6.07, 6.45) is 3.78. The van der Waals surface area contributed by atoms with Gasteiger partial charge in [0.25, 0.3) is 0 Å². The number of hydrogen-bond donors (Lipinski definition) is 2. The largest absolute Gasteiger partial charge is 0.395 e. The van der Waals surface area contributed by atoms with E-state index in [9.17, 15) is 8.42 Å². The van der Waals surface area contributed by atoms with Gasteiger partial charge < -0.3 is 10.4 Å². The second-order valence-corrected chi connectivity index (χ2v) is 6.56. The van der Waals surface area contributed by atoms with Gasteiger partial charge in [-0.2, -0.15) is 4.31 Å². The Bertz CT molecular complexity index is 300. The summed E-state index contributed by atoms with van der Waals surface area (Å²) in [7, 11) is -3.23. The molecule has 1 rings (SSSR count). The van der Waals surface area contributed by atoms with Gasteiger partial charge in [0.05, 0.1) is 12.4 Å². The third-order valence-corrected chi connectivity index (χ3v) is 5.05. The predicted molar refractivity (Wildman–Crippen MR) is 68.4 cm³/mol. The number of hydrogen-bond acceptors (Lipinski definition) is 4. The molecule has 0 aromatic rings. The summed E-state index contributed by atoms with van der Waals surface area (Å²) in [5.41, 5.74) is 0. The summed E-state index contributed by atoms with van der Waals surface area (Å²) in [5, 5.41) is 12.1. The molecule has 1 aliphatic heterocycles. The van der Waals surface area contributed by atoms with Crippen LogP contribution in [0.3, 0.4) is 0 Å². The summed E-state index contributed by atoms with van der Waals surface area (Å²) in [4.78, 5) is 0. The highest BCUT2D eigenvalue weighted by Gasteiger charge is 2.26. The van der Waals surface area contributed by atoms with E-state index in [1.54, 1.807) is 0 Å². The Balaban J connectivity index is 2.55.